The molecule has 3 aromatic carbocycles. The smallest absolute Gasteiger partial charge is 0.307 e. The average molecular weight is 447 g/mol. The molecule has 172 valence electrons. The van der Waals surface area contributed by atoms with Gasteiger partial charge in [0.15, 0.2) is 5.58 Å². The van der Waals surface area contributed by atoms with Crippen molar-refractivity contribution in [2.24, 2.45) is 5.73 Å². The van der Waals surface area contributed by atoms with Crippen molar-refractivity contribution in [1.82, 2.24) is 0 Å². The Labute approximate surface area is 194 Å². The highest BCUT2D eigenvalue weighted by Gasteiger charge is 2.14. The van der Waals surface area contributed by atoms with Gasteiger partial charge >= 0.3 is 5.97 Å². The van der Waals surface area contributed by atoms with Crippen molar-refractivity contribution in [2.75, 3.05) is 12.4 Å². The van der Waals surface area contributed by atoms with E-state index < -0.39 is 5.97 Å². The summed E-state index contributed by atoms with van der Waals surface area (Å²) in [5.41, 5.74) is 12.1. The van der Waals surface area contributed by atoms with E-state index >= 15 is 0 Å². The molecule has 0 unspecified atom stereocenters. The summed E-state index contributed by atoms with van der Waals surface area (Å²) in [4.78, 5) is 11.1. The number of para-hydroxylation sites is 1. The first kappa shape index (κ1) is 23.9. The number of fused-ring (bicyclic) bond motifs is 1. The van der Waals surface area contributed by atoms with Gasteiger partial charge in [0.05, 0.1) is 18.4 Å². The first-order chi connectivity index (χ1) is 16.1. The third-order valence-corrected chi connectivity index (χ3v) is 5.22. The summed E-state index contributed by atoms with van der Waals surface area (Å²) in [6.07, 6.45) is 1.60. The number of carboxylic acids is 1. The number of nitrogens with one attached hydrogen (secondary N) is 1. The summed E-state index contributed by atoms with van der Waals surface area (Å²) in [5, 5.41) is 13.3. The van der Waals surface area contributed by atoms with E-state index in [1.807, 2.05) is 45.2 Å². The van der Waals surface area contributed by atoms with E-state index in [9.17, 15) is 4.79 Å². The second-order valence-electron chi connectivity index (χ2n) is 7.28. The molecule has 4 aromatic rings. The fraction of sp³-hybridized carbons (Fsp3) is 0.222. The van der Waals surface area contributed by atoms with Gasteiger partial charge in [-0.15, -0.1) is 0 Å². The lowest BCUT2D eigenvalue weighted by Crippen LogP contribution is -2.04. The van der Waals surface area contributed by atoms with Gasteiger partial charge in [-0.05, 0) is 41.0 Å². The molecular formula is C27H30N2O4. The van der Waals surface area contributed by atoms with Gasteiger partial charge in [-0.2, -0.15) is 0 Å². The maximum Gasteiger partial charge on any atom is 0.307 e. The second kappa shape index (κ2) is 11.2. The van der Waals surface area contributed by atoms with Crippen molar-refractivity contribution < 1.29 is 19.1 Å². The maximum absolute atomic E-state index is 11.1. The third-order valence-electron chi connectivity index (χ3n) is 5.22. The summed E-state index contributed by atoms with van der Waals surface area (Å²) in [6, 6.07) is 19.5. The van der Waals surface area contributed by atoms with Gasteiger partial charge < -0.3 is 25.3 Å². The maximum atomic E-state index is 11.1. The van der Waals surface area contributed by atoms with Crippen LogP contribution in [0.25, 0.3) is 22.1 Å². The Hall–Kier alpha value is -3.77. The number of nitrogens with two attached hydrogens (primary N) is 1. The highest BCUT2D eigenvalue weighted by atomic mass is 16.5. The molecule has 1 heterocycles. The summed E-state index contributed by atoms with van der Waals surface area (Å²) in [5.74, 6) is -0.340. The molecule has 0 aliphatic heterocycles. The standard InChI is InChI=1S/C25H24N2O4.C2H6/c1-27-22-11-19(17-7-4-5-16(9-17)13-26)10-21-20(15-31-25(21)22)14-30-23-8-3-2-6-18(23)12-24(28)29;1-2/h2-11,15,27H,12-14,26H2,1H3,(H,28,29);1-2H3. The van der Waals surface area contributed by atoms with Crippen LogP contribution in [-0.4, -0.2) is 18.1 Å². The number of rotatable bonds is 8. The number of hydrogen-bond acceptors (Lipinski definition) is 5. The van der Waals surface area contributed by atoms with Crippen LogP contribution in [0.3, 0.4) is 0 Å². The minimum absolute atomic E-state index is 0.0894. The first-order valence-electron chi connectivity index (χ1n) is 11.0. The number of carboxylic acid groups (broad SMARTS) is 1. The molecule has 0 aliphatic rings. The van der Waals surface area contributed by atoms with E-state index in [2.05, 4.69) is 23.5 Å². The number of aliphatic carboxylic acids is 1. The SMILES string of the molecule is CC.CNc1cc(-c2cccc(CN)c2)cc2c(COc3ccccc3CC(=O)O)coc12. The van der Waals surface area contributed by atoms with Gasteiger partial charge in [0.25, 0.3) is 0 Å². The van der Waals surface area contributed by atoms with Gasteiger partial charge in [-0.3, -0.25) is 4.79 Å². The lowest BCUT2D eigenvalue weighted by molar-refractivity contribution is -0.136. The van der Waals surface area contributed by atoms with Crippen LogP contribution in [0.4, 0.5) is 5.69 Å². The Balaban J connectivity index is 0.00000149. The molecule has 0 amide bonds. The van der Waals surface area contributed by atoms with Gasteiger partial charge in [-0.1, -0.05) is 50.2 Å². The van der Waals surface area contributed by atoms with Crippen molar-refractivity contribution in [3.63, 3.8) is 0 Å². The van der Waals surface area contributed by atoms with Crippen molar-refractivity contribution in [2.45, 2.75) is 33.4 Å². The second-order valence-corrected chi connectivity index (χ2v) is 7.28. The molecule has 0 aliphatic carbocycles. The normalized spacial score (nSPS) is 10.4. The molecule has 0 fully saturated rings. The predicted molar refractivity (Wildman–Crippen MR) is 133 cm³/mol. The lowest BCUT2D eigenvalue weighted by Gasteiger charge is -2.11. The quantitative estimate of drug-likeness (QED) is 0.315. The third kappa shape index (κ3) is 5.54. The van der Waals surface area contributed by atoms with Crippen molar-refractivity contribution in [1.29, 1.82) is 0 Å². The summed E-state index contributed by atoms with van der Waals surface area (Å²) >= 11 is 0. The van der Waals surface area contributed by atoms with E-state index in [0.717, 1.165) is 38.9 Å². The Morgan fingerprint density at radius 3 is 2.55 bits per heavy atom. The zero-order valence-corrected chi connectivity index (χ0v) is 19.2. The summed E-state index contributed by atoms with van der Waals surface area (Å²) < 4.78 is 11.8. The van der Waals surface area contributed by atoms with Gasteiger partial charge in [0.2, 0.25) is 0 Å². The van der Waals surface area contributed by atoms with Crippen molar-refractivity contribution in [3.8, 4) is 16.9 Å². The van der Waals surface area contributed by atoms with Crippen LogP contribution < -0.4 is 15.8 Å². The van der Waals surface area contributed by atoms with Crippen molar-refractivity contribution in [3.05, 3.63) is 83.6 Å². The van der Waals surface area contributed by atoms with Crippen LogP contribution in [0.1, 0.15) is 30.5 Å². The summed E-state index contributed by atoms with van der Waals surface area (Å²) in [6.45, 7) is 4.74. The molecule has 33 heavy (non-hydrogen) atoms. The molecule has 4 N–H and O–H groups in total. The Morgan fingerprint density at radius 1 is 1.03 bits per heavy atom. The topological polar surface area (TPSA) is 97.7 Å². The molecule has 6 heteroatoms. The van der Waals surface area contributed by atoms with Gasteiger partial charge in [0, 0.05) is 30.1 Å². The highest BCUT2D eigenvalue weighted by molar-refractivity contribution is 5.95. The Bertz CT molecular complexity index is 1230. The Morgan fingerprint density at radius 2 is 1.82 bits per heavy atom. The molecule has 4 rings (SSSR count). The molecule has 6 nitrogen and oxygen atoms in total. The monoisotopic (exact) mass is 446 g/mol. The number of carbonyl (C=O) groups is 1. The lowest BCUT2D eigenvalue weighted by atomic mass is 10.00. The fourth-order valence-corrected chi connectivity index (χ4v) is 3.64. The number of ether oxygens (including phenoxy) is 1. The Kier molecular flexibility index (Phi) is 8.11. The molecule has 0 spiro atoms. The van der Waals surface area contributed by atoms with E-state index in [0.29, 0.717) is 17.9 Å². The number of hydrogen-bond donors (Lipinski definition) is 3. The van der Waals surface area contributed by atoms with E-state index in [1.54, 1.807) is 24.5 Å². The van der Waals surface area contributed by atoms with Gasteiger partial charge in [-0.25, -0.2) is 0 Å². The number of anilines is 1. The van der Waals surface area contributed by atoms with Crippen LogP contribution in [0.15, 0.2) is 71.3 Å². The van der Waals surface area contributed by atoms with E-state index in [-0.39, 0.29) is 13.0 Å². The van der Waals surface area contributed by atoms with Crippen LogP contribution >= 0.6 is 0 Å². The summed E-state index contributed by atoms with van der Waals surface area (Å²) in [7, 11) is 1.86. The molecular weight excluding hydrogens is 416 g/mol. The molecule has 0 radical (unpaired) electrons. The molecule has 0 saturated carbocycles. The minimum Gasteiger partial charge on any atom is -0.488 e. The van der Waals surface area contributed by atoms with Crippen LogP contribution in [0.5, 0.6) is 5.75 Å². The zero-order valence-electron chi connectivity index (χ0n) is 19.2. The first-order valence-corrected chi connectivity index (χ1v) is 11.0. The number of furan rings is 1. The molecule has 0 atom stereocenters. The molecule has 0 saturated heterocycles. The number of benzene rings is 3. The minimum atomic E-state index is -0.896. The fourth-order valence-electron chi connectivity index (χ4n) is 3.64. The van der Waals surface area contributed by atoms with E-state index in [4.69, 9.17) is 20.0 Å². The average Bonchev–Trinajstić information content (AvgIpc) is 3.27. The largest absolute Gasteiger partial charge is 0.488 e. The van der Waals surface area contributed by atoms with Gasteiger partial charge in [0.1, 0.15) is 12.4 Å². The van der Waals surface area contributed by atoms with Crippen LogP contribution in [0.2, 0.25) is 0 Å². The molecule has 1 aromatic heterocycles. The van der Waals surface area contributed by atoms with Crippen LogP contribution in [-0.2, 0) is 24.4 Å². The van der Waals surface area contributed by atoms with Crippen molar-refractivity contribution >= 4 is 22.6 Å². The van der Waals surface area contributed by atoms with Crippen LogP contribution in [0, 0.1) is 0 Å². The highest BCUT2D eigenvalue weighted by Crippen LogP contribution is 2.35. The molecule has 0 bridgehead atoms. The predicted octanol–water partition coefficient (Wildman–Crippen LogP) is 5.83. The zero-order chi connectivity index (χ0) is 23.8. The van der Waals surface area contributed by atoms with E-state index in [1.165, 1.54) is 0 Å².